The molecule has 0 radical (unpaired) electrons. The molecular weight excluding hydrogens is 162 g/mol. The summed E-state index contributed by atoms with van der Waals surface area (Å²) < 4.78 is 0. The normalized spacial score (nSPS) is 36.7. The zero-order chi connectivity index (χ0) is 9.10. The van der Waals surface area contributed by atoms with Gasteiger partial charge in [-0.3, -0.25) is 0 Å². The fourth-order valence-corrected chi connectivity index (χ4v) is 2.96. The van der Waals surface area contributed by atoms with E-state index in [-0.39, 0.29) is 0 Å². The highest BCUT2D eigenvalue weighted by atomic mass is 16.3. The van der Waals surface area contributed by atoms with E-state index < -0.39 is 0 Å². The van der Waals surface area contributed by atoms with Gasteiger partial charge in [0, 0.05) is 12.6 Å². The van der Waals surface area contributed by atoms with Crippen molar-refractivity contribution in [2.24, 2.45) is 5.92 Å². The lowest BCUT2D eigenvalue weighted by Crippen LogP contribution is -2.42. The summed E-state index contributed by atoms with van der Waals surface area (Å²) in [6.45, 7) is 2.96. The van der Waals surface area contributed by atoms with E-state index in [1.807, 2.05) is 0 Å². The number of hydrogen-bond acceptors (Lipinski definition) is 2. The first-order valence-corrected chi connectivity index (χ1v) is 5.76. The summed E-state index contributed by atoms with van der Waals surface area (Å²) in [6.07, 6.45) is 8.01. The molecule has 13 heavy (non-hydrogen) atoms. The molecule has 1 heterocycles. The SMILES string of the molecule is OC[C@H]1CCCC[C@@H]1N1CCCC1. The molecule has 0 aromatic rings. The second-order valence-electron chi connectivity index (χ2n) is 4.54. The highest BCUT2D eigenvalue weighted by Gasteiger charge is 2.30. The molecule has 1 N–H and O–H groups in total. The number of nitrogens with zero attached hydrogens (tertiary/aromatic N) is 1. The van der Waals surface area contributed by atoms with Crippen molar-refractivity contribution in [3.05, 3.63) is 0 Å². The maximum Gasteiger partial charge on any atom is 0.0474 e. The molecule has 0 spiro atoms. The van der Waals surface area contributed by atoms with E-state index in [4.69, 9.17) is 0 Å². The molecule has 0 aromatic heterocycles. The van der Waals surface area contributed by atoms with Crippen molar-refractivity contribution in [3.8, 4) is 0 Å². The summed E-state index contributed by atoms with van der Waals surface area (Å²) in [4.78, 5) is 2.61. The van der Waals surface area contributed by atoms with Gasteiger partial charge in [-0.2, -0.15) is 0 Å². The van der Waals surface area contributed by atoms with Crippen LogP contribution in [0.4, 0.5) is 0 Å². The lowest BCUT2D eigenvalue weighted by atomic mass is 9.84. The Morgan fingerprint density at radius 3 is 2.38 bits per heavy atom. The maximum absolute atomic E-state index is 9.30. The number of rotatable bonds is 2. The highest BCUT2D eigenvalue weighted by molar-refractivity contribution is 4.85. The molecule has 2 nitrogen and oxygen atoms in total. The lowest BCUT2D eigenvalue weighted by molar-refractivity contribution is 0.0812. The topological polar surface area (TPSA) is 23.5 Å². The van der Waals surface area contributed by atoms with Gasteiger partial charge in [0.25, 0.3) is 0 Å². The lowest BCUT2D eigenvalue weighted by Gasteiger charge is -2.37. The summed E-state index contributed by atoms with van der Waals surface area (Å²) in [6, 6.07) is 0.709. The van der Waals surface area contributed by atoms with E-state index >= 15 is 0 Å². The van der Waals surface area contributed by atoms with Crippen LogP contribution in [0, 0.1) is 5.92 Å². The van der Waals surface area contributed by atoms with Gasteiger partial charge in [0.15, 0.2) is 0 Å². The van der Waals surface area contributed by atoms with Crippen molar-refractivity contribution in [2.45, 2.75) is 44.6 Å². The Balaban J connectivity index is 1.93. The molecule has 0 unspecified atom stereocenters. The van der Waals surface area contributed by atoms with Gasteiger partial charge in [0.05, 0.1) is 0 Å². The smallest absolute Gasteiger partial charge is 0.0474 e. The Hall–Kier alpha value is -0.0800. The predicted molar refractivity (Wildman–Crippen MR) is 53.6 cm³/mol. The van der Waals surface area contributed by atoms with Gasteiger partial charge >= 0.3 is 0 Å². The van der Waals surface area contributed by atoms with Crippen molar-refractivity contribution < 1.29 is 5.11 Å². The molecule has 1 aliphatic carbocycles. The van der Waals surface area contributed by atoms with Gasteiger partial charge in [0.1, 0.15) is 0 Å². The monoisotopic (exact) mass is 183 g/mol. The first-order valence-electron chi connectivity index (χ1n) is 5.76. The molecule has 76 valence electrons. The standard InChI is InChI=1S/C11H21NO/c13-9-10-5-1-2-6-11(10)12-7-3-4-8-12/h10-11,13H,1-9H2/t10-,11+/m1/s1. The molecule has 1 saturated heterocycles. The Labute approximate surface area is 80.9 Å². The molecule has 0 bridgehead atoms. The van der Waals surface area contributed by atoms with Gasteiger partial charge in [-0.05, 0) is 44.7 Å². The van der Waals surface area contributed by atoms with Crippen LogP contribution in [0.25, 0.3) is 0 Å². The fraction of sp³-hybridized carbons (Fsp3) is 1.00. The highest BCUT2D eigenvalue weighted by Crippen LogP contribution is 2.30. The van der Waals surface area contributed by atoms with E-state index in [2.05, 4.69) is 4.90 Å². The van der Waals surface area contributed by atoms with Crippen LogP contribution < -0.4 is 0 Å². The third kappa shape index (κ3) is 2.05. The summed E-state index contributed by atoms with van der Waals surface area (Å²) in [5.41, 5.74) is 0. The average molecular weight is 183 g/mol. The zero-order valence-electron chi connectivity index (χ0n) is 8.41. The minimum Gasteiger partial charge on any atom is -0.396 e. The third-order valence-electron chi connectivity index (χ3n) is 3.71. The van der Waals surface area contributed by atoms with Crippen LogP contribution in [0.1, 0.15) is 38.5 Å². The number of likely N-dealkylation sites (tertiary alicyclic amines) is 1. The van der Waals surface area contributed by atoms with Crippen LogP contribution >= 0.6 is 0 Å². The van der Waals surface area contributed by atoms with Crippen molar-refractivity contribution in [1.82, 2.24) is 4.90 Å². The summed E-state index contributed by atoms with van der Waals surface area (Å²) in [5.74, 6) is 0.576. The van der Waals surface area contributed by atoms with E-state index in [0.29, 0.717) is 18.6 Å². The minimum absolute atomic E-state index is 0.404. The largest absolute Gasteiger partial charge is 0.396 e. The fourth-order valence-electron chi connectivity index (χ4n) is 2.96. The van der Waals surface area contributed by atoms with Crippen LogP contribution in [-0.4, -0.2) is 35.7 Å². The first kappa shape index (κ1) is 9.47. The Bertz CT molecular complexity index is 152. The number of aliphatic hydroxyl groups is 1. The molecule has 1 saturated carbocycles. The quantitative estimate of drug-likeness (QED) is 0.703. The van der Waals surface area contributed by atoms with Gasteiger partial charge < -0.3 is 10.0 Å². The van der Waals surface area contributed by atoms with Crippen molar-refractivity contribution >= 4 is 0 Å². The predicted octanol–water partition coefficient (Wildman–Crippen LogP) is 1.63. The Kier molecular flexibility index (Phi) is 3.23. The molecule has 2 heteroatoms. The molecular formula is C11H21NO. The van der Waals surface area contributed by atoms with Crippen molar-refractivity contribution in [1.29, 1.82) is 0 Å². The van der Waals surface area contributed by atoms with Crippen LogP contribution in [0.2, 0.25) is 0 Å². The Morgan fingerprint density at radius 2 is 1.69 bits per heavy atom. The summed E-state index contributed by atoms with van der Waals surface area (Å²) in [7, 11) is 0. The summed E-state index contributed by atoms with van der Waals surface area (Å²) >= 11 is 0. The zero-order valence-corrected chi connectivity index (χ0v) is 8.41. The summed E-state index contributed by atoms with van der Waals surface area (Å²) in [5, 5.41) is 9.30. The molecule has 0 amide bonds. The average Bonchev–Trinajstić information content (AvgIpc) is 2.70. The number of aliphatic hydroxyl groups excluding tert-OH is 1. The van der Waals surface area contributed by atoms with Crippen LogP contribution in [0.3, 0.4) is 0 Å². The molecule has 0 aromatic carbocycles. The molecule has 2 atom stereocenters. The van der Waals surface area contributed by atoms with E-state index in [9.17, 15) is 5.11 Å². The molecule has 2 aliphatic rings. The van der Waals surface area contributed by atoms with Crippen molar-refractivity contribution in [2.75, 3.05) is 19.7 Å². The Morgan fingerprint density at radius 1 is 1.00 bits per heavy atom. The molecule has 2 fully saturated rings. The molecule has 1 aliphatic heterocycles. The van der Waals surface area contributed by atoms with Gasteiger partial charge in [0.2, 0.25) is 0 Å². The van der Waals surface area contributed by atoms with Gasteiger partial charge in [-0.15, -0.1) is 0 Å². The molecule has 2 rings (SSSR count). The van der Waals surface area contributed by atoms with Crippen molar-refractivity contribution in [3.63, 3.8) is 0 Å². The van der Waals surface area contributed by atoms with E-state index in [1.165, 1.54) is 51.6 Å². The van der Waals surface area contributed by atoms with E-state index in [1.54, 1.807) is 0 Å². The second kappa shape index (κ2) is 4.43. The number of hydrogen-bond donors (Lipinski definition) is 1. The maximum atomic E-state index is 9.30. The van der Waals surface area contributed by atoms with Crippen LogP contribution in [-0.2, 0) is 0 Å². The first-order chi connectivity index (χ1) is 6.42. The van der Waals surface area contributed by atoms with Crippen LogP contribution in [0.5, 0.6) is 0 Å². The third-order valence-corrected chi connectivity index (χ3v) is 3.71. The van der Waals surface area contributed by atoms with Gasteiger partial charge in [-0.25, -0.2) is 0 Å². The van der Waals surface area contributed by atoms with Gasteiger partial charge in [-0.1, -0.05) is 12.8 Å². The van der Waals surface area contributed by atoms with E-state index in [0.717, 1.165) is 0 Å². The second-order valence-corrected chi connectivity index (χ2v) is 4.54. The minimum atomic E-state index is 0.404. The van der Waals surface area contributed by atoms with Crippen LogP contribution in [0.15, 0.2) is 0 Å².